The van der Waals surface area contributed by atoms with Crippen molar-refractivity contribution in [2.75, 3.05) is 26.8 Å². The monoisotopic (exact) mass is 403 g/mol. The van der Waals surface area contributed by atoms with Gasteiger partial charge in [-0.25, -0.2) is 4.39 Å². The Morgan fingerprint density at radius 1 is 1.00 bits per heavy atom. The molecule has 0 aromatic heterocycles. The number of ether oxygens (including phenoxy) is 2. The number of allylic oxidation sites excluding steroid dienone is 1. The van der Waals surface area contributed by atoms with Crippen molar-refractivity contribution in [3.63, 3.8) is 0 Å². The minimum absolute atomic E-state index is 0.265. The third kappa shape index (κ3) is 4.89. The molecule has 0 atom stereocenters. The van der Waals surface area contributed by atoms with Crippen LogP contribution in [0, 0.1) is 5.82 Å². The van der Waals surface area contributed by atoms with Gasteiger partial charge in [-0.15, -0.1) is 0 Å². The number of morpholine rings is 1. The third-order valence-corrected chi connectivity index (χ3v) is 5.37. The van der Waals surface area contributed by atoms with Gasteiger partial charge in [-0.3, -0.25) is 4.90 Å². The molecular weight excluding hydrogens is 377 g/mol. The van der Waals surface area contributed by atoms with Crippen LogP contribution in [0.15, 0.2) is 84.6 Å². The Morgan fingerprint density at radius 3 is 2.47 bits per heavy atom. The van der Waals surface area contributed by atoms with E-state index in [0.717, 1.165) is 42.1 Å². The molecule has 4 heteroatoms. The van der Waals surface area contributed by atoms with Crippen molar-refractivity contribution >= 4 is 5.57 Å². The van der Waals surface area contributed by atoms with Crippen LogP contribution < -0.4 is 4.74 Å². The molecule has 0 spiro atoms. The topological polar surface area (TPSA) is 21.7 Å². The highest BCUT2D eigenvalue weighted by atomic mass is 19.1. The Balaban J connectivity index is 1.67. The molecule has 1 heterocycles. The molecule has 3 aromatic carbocycles. The first-order chi connectivity index (χ1) is 14.7. The highest BCUT2D eigenvalue weighted by Gasteiger charge is 2.21. The summed E-state index contributed by atoms with van der Waals surface area (Å²) < 4.78 is 25.6. The number of methoxy groups -OCH3 is 1. The maximum atomic E-state index is 14.0. The van der Waals surface area contributed by atoms with E-state index in [2.05, 4.69) is 41.3 Å². The Bertz CT molecular complexity index is 1000. The molecule has 0 N–H and O–H groups in total. The predicted molar refractivity (Wildman–Crippen MR) is 118 cm³/mol. The summed E-state index contributed by atoms with van der Waals surface area (Å²) in [6.07, 6.45) is 0.541. The molecule has 1 fully saturated rings. The second-order valence-corrected chi connectivity index (χ2v) is 7.45. The molecule has 0 bridgehead atoms. The molecule has 154 valence electrons. The lowest BCUT2D eigenvalue weighted by atomic mass is 9.95. The van der Waals surface area contributed by atoms with E-state index < -0.39 is 0 Å². The quantitative estimate of drug-likeness (QED) is 0.556. The van der Waals surface area contributed by atoms with Crippen LogP contribution in [0.25, 0.3) is 5.57 Å². The van der Waals surface area contributed by atoms with Gasteiger partial charge in [-0.05, 0) is 29.3 Å². The van der Waals surface area contributed by atoms with E-state index in [-0.39, 0.29) is 5.82 Å². The molecule has 30 heavy (non-hydrogen) atoms. The van der Waals surface area contributed by atoms with Gasteiger partial charge in [0.1, 0.15) is 23.9 Å². The van der Waals surface area contributed by atoms with Crippen molar-refractivity contribution in [1.29, 1.82) is 0 Å². The van der Waals surface area contributed by atoms with Crippen LogP contribution in [0.1, 0.15) is 16.7 Å². The van der Waals surface area contributed by atoms with Crippen molar-refractivity contribution in [3.05, 3.63) is 107 Å². The number of hydrogen-bond acceptors (Lipinski definition) is 3. The first-order valence-electron chi connectivity index (χ1n) is 10.2. The van der Waals surface area contributed by atoms with Crippen molar-refractivity contribution in [2.24, 2.45) is 0 Å². The minimum atomic E-state index is -0.265. The van der Waals surface area contributed by atoms with Crippen LogP contribution >= 0.6 is 0 Å². The maximum absolute atomic E-state index is 14.0. The summed E-state index contributed by atoms with van der Waals surface area (Å²) >= 11 is 0. The van der Waals surface area contributed by atoms with Crippen LogP contribution in [0.4, 0.5) is 4.39 Å². The van der Waals surface area contributed by atoms with Gasteiger partial charge in [0.2, 0.25) is 0 Å². The summed E-state index contributed by atoms with van der Waals surface area (Å²) in [6.45, 7) is 3.11. The zero-order chi connectivity index (χ0) is 20.8. The van der Waals surface area contributed by atoms with E-state index in [1.807, 2.05) is 24.3 Å². The van der Waals surface area contributed by atoms with Crippen molar-refractivity contribution in [1.82, 2.24) is 4.90 Å². The Kier molecular flexibility index (Phi) is 6.45. The maximum Gasteiger partial charge on any atom is 0.123 e. The second-order valence-electron chi connectivity index (χ2n) is 7.45. The number of rotatable bonds is 6. The zero-order valence-corrected chi connectivity index (χ0v) is 17.2. The van der Waals surface area contributed by atoms with Crippen LogP contribution in [-0.2, 0) is 17.7 Å². The molecule has 3 nitrogen and oxygen atoms in total. The van der Waals surface area contributed by atoms with Crippen LogP contribution in [-0.4, -0.2) is 31.7 Å². The second kappa shape index (κ2) is 9.59. The number of hydrogen-bond donors (Lipinski definition) is 0. The lowest BCUT2D eigenvalue weighted by Crippen LogP contribution is -2.35. The van der Waals surface area contributed by atoms with Gasteiger partial charge in [-0.1, -0.05) is 60.7 Å². The minimum Gasteiger partial charge on any atom is -0.496 e. The molecule has 0 radical (unpaired) electrons. The third-order valence-electron chi connectivity index (χ3n) is 5.37. The van der Waals surface area contributed by atoms with Gasteiger partial charge < -0.3 is 9.47 Å². The molecule has 0 saturated carbocycles. The summed E-state index contributed by atoms with van der Waals surface area (Å²) in [4.78, 5) is 2.39. The summed E-state index contributed by atoms with van der Waals surface area (Å²) in [5.41, 5.74) is 4.25. The van der Waals surface area contributed by atoms with Gasteiger partial charge >= 0.3 is 0 Å². The fourth-order valence-electron chi connectivity index (χ4n) is 3.86. The average molecular weight is 403 g/mol. The average Bonchev–Trinajstić information content (AvgIpc) is 2.79. The molecule has 0 amide bonds. The SMILES string of the molecule is COc1ccc(F)cc1CC(=C1CN(Cc2ccccc2)CCO1)c1ccccc1. The van der Waals surface area contributed by atoms with Crippen molar-refractivity contribution in [3.8, 4) is 5.75 Å². The summed E-state index contributed by atoms with van der Waals surface area (Å²) in [5.74, 6) is 1.36. The van der Waals surface area contributed by atoms with E-state index in [0.29, 0.717) is 18.8 Å². The molecule has 1 aliphatic rings. The number of halogens is 1. The highest BCUT2D eigenvalue weighted by molar-refractivity contribution is 5.70. The number of benzene rings is 3. The lowest BCUT2D eigenvalue weighted by Gasteiger charge is -2.31. The van der Waals surface area contributed by atoms with E-state index in [1.165, 1.54) is 11.6 Å². The van der Waals surface area contributed by atoms with E-state index >= 15 is 0 Å². The molecule has 0 aliphatic carbocycles. The number of nitrogens with zero attached hydrogens (tertiary/aromatic N) is 1. The summed E-state index contributed by atoms with van der Waals surface area (Å²) in [5, 5.41) is 0. The van der Waals surface area contributed by atoms with E-state index in [4.69, 9.17) is 9.47 Å². The largest absolute Gasteiger partial charge is 0.496 e. The molecule has 3 aromatic rings. The normalized spacial score (nSPS) is 16.1. The van der Waals surface area contributed by atoms with Gasteiger partial charge in [0, 0.05) is 30.6 Å². The van der Waals surface area contributed by atoms with Crippen molar-refractivity contribution < 1.29 is 13.9 Å². The molecule has 0 unspecified atom stereocenters. The van der Waals surface area contributed by atoms with Crippen molar-refractivity contribution in [2.45, 2.75) is 13.0 Å². The smallest absolute Gasteiger partial charge is 0.123 e. The Hall–Kier alpha value is -3.11. The standard InChI is InChI=1S/C26H26FNO2/c1-29-25-13-12-23(27)16-22(25)17-24(21-10-6-3-7-11-21)26-19-28(14-15-30-26)18-20-8-4-2-5-9-20/h2-13,16H,14-15,17-19H2,1H3. The molecule has 4 rings (SSSR count). The van der Waals surface area contributed by atoms with Gasteiger partial charge in [-0.2, -0.15) is 0 Å². The fourth-order valence-corrected chi connectivity index (χ4v) is 3.86. The summed E-state index contributed by atoms with van der Waals surface area (Å²) in [6, 6.07) is 25.3. The molecule has 1 saturated heterocycles. The predicted octanol–water partition coefficient (Wildman–Crippen LogP) is 5.32. The fraction of sp³-hybridized carbons (Fsp3) is 0.231. The zero-order valence-electron chi connectivity index (χ0n) is 17.2. The highest BCUT2D eigenvalue weighted by Crippen LogP contribution is 2.31. The van der Waals surface area contributed by atoms with Gasteiger partial charge in [0.25, 0.3) is 0 Å². The van der Waals surface area contributed by atoms with Crippen LogP contribution in [0.5, 0.6) is 5.75 Å². The molecule has 1 aliphatic heterocycles. The first kappa shape index (κ1) is 20.2. The van der Waals surface area contributed by atoms with Crippen LogP contribution in [0.2, 0.25) is 0 Å². The van der Waals surface area contributed by atoms with E-state index in [1.54, 1.807) is 19.2 Å². The Morgan fingerprint density at radius 2 is 1.73 bits per heavy atom. The lowest BCUT2D eigenvalue weighted by molar-refractivity contribution is 0.0906. The van der Waals surface area contributed by atoms with Gasteiger partial charge in [0.05, 0.1) is 13.7 Å². The summed E-state index contributed by atoms with van der Waals surface area (Å²) in [7, 11) is 1.62. The van der Waals surface area contributed by atoms with Crippen LogP contribution in [0.3, 0.4) is 0 Å². The van der Waals surface area contributed by atoms with E-state index in [9.17, 15) is 4.39 Å². The first-order valence-corrected chi connectivity index (χ1v) is 10.2. The van der Waals surface area contributed by atoms with Gasteiger partial charge in [0.15, 0.2) is 0 Å². The molecular formula is C26H26FNO2. The Labute approximate surface area is 177 Å².